The van der Waals surface area contributed by atoms with Crippen LogP contribution in [0.25, 0.3) is 28.0 Å². The Balaban J connectivity index is 1.88. The maximum absolute atomic E-state index is 5.82. The van der Waals surface area contributed by atoms with Crippen molar-refractivity contribution in [3.63, 3.8) is 0 Å². The number of fused-ring (bicyclic) bond motifs is 1. The Labute approximate surface area is 119 Å². The maximum atomic E-state index is 5.82. The third-order valence-electron chi connectivity index (χ3n) is 3.30. The van der Waals surface area contributed by atoms with Crippen LogP contribution in [0, 0.1) is 0 Å². The lowest BCUT2D eigenvalue weighted by Gasteiger charge is -2.02. The molecule has 20 heavy (non-hydrogen) atoms. The van der Waals surface area contributed by atoms with Gasteiger partial charge in [-0.05, 0) is 24.3 Å². The largest absolute Gasteiger partial charge is 0.391 e. The lowest BCUT2D eigenvalue weighted by Crippen LogP contribution is -1.98. The molecule has 0 radical (unpaired) electrons. The summed E-state index contributed by atoms with van der Waals surface area (Å²) < 4.78 is 1.90. The Kier molecular flexibility index (Phi) is 2.40. The fourth-order valence-corrected chi connectivity index (χ4v) is 3.02. The molecule has 0 spiro atoms. The molecule has 4 aromatic rings. The number of thiophene rings is 1. The molecule has 98 valence electrons. The van der Waals surface area contributed by atoms with Gasteiger partial charge in [0.1, 0.15) is 5.82 Å². The molecule has 0 aliphatic heterocycles. The van der Waals surface area contributed by atoms with Gasteiger partial charge in [-0.25, -0.2) is 4.68 Å². The summed E-state index contributed by atoms with van der Waals surface area (Å²) in [5.41, 5.74) is 9.04. The van der Waals surface area contributed by atoms with Crippen LogP contribution < -0.4 is 5.73 Å². The Morgan fingerprint density at radius 1 is 1.15 bits per heavy atom. The van der Waals surface area contributed by atoms with Gasteiger partial charge in [-0.3, -0.25) is 0 Å². The molecule has 4 nitrogen and oxygen atoms in total. The van der Waals surface area contributed by atoms with E-state index in [2.05, 4.69) is 28.3 Å². The Hall–Kier alpha value is -2.53. The highest BCUT2D eigenvalue weighted by Gasteiger charge is 2.10. The zero-order valence-electron chi connectivity index (χ0n) is 10.6. The molecule has 0 fully saturated rings. The van der Waals surface area contributed by atoms with E-state index in [-0.39, 0.29) is 0 Å². The van der Waals surface area contributed by atoms with Gasteiger partial charge in [0.25, 0.3) is 0 Å². The quantitative estimate of drug-likeness (QED) is 0.588. The molecule has 3 aromatic heterocycles. The second-order valence-corrected chi connectivity index (χ2v) is 5.55. The second-order valence-electron chi connectivity index (χ2n) is 4.61. The molecule has 4 rings (SSSR count). The van der Waals surface area contributed by atoms with E-state index in [0.717, 1.165) is 27.6 Å². The van der Waals surface area contributed by atoms with Crippen molar-refractivity contribution in [2.75, 3.05) is 5.73 Å². The van der Waals surface area contributed by atoms with E-state index in [0.29, 0.717) is 0 Å². The summed E-state index contributed by atoms with van der Waals surface area (Å²) >= 11 is 1.54. The van der Waals surface area contributed by atoms with E-state index in [4.69, 9.17) is 5.73 Å². The highest BCUT2D eigenvalue weighted by Crippen LogP contribution is 2.29. The molecule has 0 unspecified atom stereocenters. The van der Waals surface area contributed by atoms with Crippen LogP contribution in [-0.4, -0.2) is 14.8 Å². The van der Waals surface area contributed by atoms with E-state index in [1.165, 1.54) is 16.7 Å². The van der Waals surface area contributed by atoms with Crippen molar-refractivity contribution in [1.29, 1.82) is 0 Å². The Bertz CT molecular complexity index is 851. The zero-order chi connectivity index (χ0) is 13.5. The molecule has 0 aliphatic rings. The molecular weight excluding hydrogens is 268 g/mol. The average Bonchev–Trinajstić information content (AvgIpc) is 3.15. The van der Waals surface area contributed by atoms with Crippen LogP contribution in [0.3, 0.4) is 0 Å². The van der Waals surface area contributed by atoms with Crippen molar-refractivity contribution in [3.05, 3.63) is 54.0 Å². The fraction of sp³-hybridized carbons (Fsp3) is 0. The summed E-state index contributed by atoms with van der Waals surface area (Å²) in [6.07, 6.45) is 1.80. The number of nitrogens with one attached hydrogen (secondary N) is 1. The number of aromatic nitrogens is 3. The van der Waals surface area contributed by atoms with Crippen molar-refractivity contribution in [2.45, 2.75) is 0 Å². The first-order valence-electron chi connectivity index (χ1n) is 6.28. The van der Waals surface area contributed by atoms with Crippen LogP contribution >= 0.6 is 11.3 Å². The minimum atomic E-state index is 0.810. The number of hydrogen-bond acceptors (Lipinski definition) is 3. The topological polar surface area (TPSA) is 59.6 Å². The number of nitrogens with zero attached hydrogens (tertiary/aromatic N) is 2. The molecule has 0 saturated heterocycles. The minimum absolute atomic E-state index is 0.810. The van der Waals surface area contributed by atoms with Gasteiger partial charge in [0.2, 0.25) is 0 Å². The van der Waals surface area contributed by atoms with E-state index in [1.807, 2.05) is 34.3 Å². The molecule has 0 amide bonds. The number of hydrogen-bond donors (Lipinski definition) is 2. The van der Waals surface area contributed by atoms with Gasteiger partial charge >= 0.3 is 0 Å². The van der Waals surface area contributed by atoms with Crippen LogP contribution in [0.4, 0.5) is 5.00 Å². The van der Waals surface area contributed by atoms with Crippen molar-refractivity contribution in [3.8, 4) is 17.1 Å². The number of aromatic amines is 1. The van der Waals surface area contributed by atoms with E-state index < -0.39 is 0 Å². The summed E-state index contributed by atoms with van der Waals surface area (Å²) in [4.78, 5) is 3.39. The lowest BCUT2D eigenvalue weighted by molar-refractivity contribution is 0.865. The zero-order valence-corrected chi connectivity index (χ0v) is 11.4. The predicted molar refractivity (Wildman–Crippen MR) is 83.1 cm³/mol. The van der Waals surface area contributed by atoms with E-state index in [9.17, 15) is 0 Å². The third-order valence-corrected chi connectivity index (χ3v) is 4.06. The Morgan fingerprint density at radius 3 is 2.85 bits per heavy atom. The van der Waals surface area contributed by atoms with Crippen molar-refractivity contribution < 1.29 is 0 Å². The number of rotatable bonds is 2. The van der Waals surface area contributed by atoms with Crippen LogP contribution in [0.15, 0.2) is 54.0 Å². The summed E-state index contributed by atoms with van der Waals surface area (Å²) in [5, 5.41) is 8.45. The minimum Gasteiger partial charge on any atom is -0.391 e. The molecular formula is C15H12N4S. The third kappa shape index (κ3) is 1.71. The van der Waals surface area contributed by atoms with E-state index >= 15 is 0 Å². The standard InChI is InChI=1S/C15H12N4S/c16-14-7-11(9-20-14)13-5-6-17-19(13)15-8-10-3-1-2-4-12(10)18-15/h1-9,18H,16H2. The van der Waals surface area contributed by atoms with Gasteiger partial charge in [0.15, 0.2) is 0 Å². The van der Waals surface area contributed by atoms with Crippen molar-refractivity contribution in [1.82, 2.24) is 14.8 Å². The normalized spacial score (nSPS) is 11.2. The van der Waals surface area contributed by atoms with Gasteiger partial charge in [0, 0.05) is 21.8 Å². The highest BCUT2D eigenvalue weighted by molar-refractivity contribution is 7.14. The molecule has 0 aliphatic carbocycles. The number of para-hydroxylation sites is 1. The number of nitrogens with two attached hydrogens (primary N) is 1. The molecule has 0 atom stereocenters. The first-order chi connectivity index (χ1) is 9.81. The van der Waals surface area contributed by atoms with Gasteiger partial charge < -0.3 is 10.7 Å². The van der Waals surface area contributed by atoms with E-state index in [1.54, 1.807) is 6.20 Å². The fourth-order valence-electron chi connectivity index (χ4n) is 2.37. The number of anilines is 1. The smallest absolute Gasteiger partial charge is 0.133 e. The first kappa shape index (κ1) is 11.3. The molecule has 3 heterocycles. The van der Waals surface area contributed by atoms with Gasteiger partial charge in [-0.1, -0.05) is 18.2 Å². The summed E-state index contributed by atoms with van der Waals surface area (Å²) in [5.74, 6) is 0.955. The number of H-pyrrole nitrogens is 1. The lowest BCUT2D eigenvalue weighted by atomic mass is 10.2. The second kappa shape index (κ2) is 4.25. The summed E-state index contributed by atoms with van der Waals surface area (Å²) in [7, 11) is 0. The van der Waals surface area contributed by atoms with Gasteiger partial charge in [-0.15, -0.1) is 11.3 Å². The first-order valence-corrected chi connectivity index (χ1v) is 7.16. The predicted octanol–water partition coefficient (Wildman–Crippen LogP) is 3.66. The summed E-state index contributed by atoms with van der Waals surface area (Å²) in [6.45, 7) is 0. The Morgan fingerprint density at radius 2 is 2.05 bits per heavy atom. The van der Waals surface area contributed by atoms with Gasteiger partial charge in [-0.2, -0.15) is 5.10 Å². The monoisotopic (exact) mass is 280 g/mol. The molecule has 3 N–H and O–H groups in total. The molecule has 0 bridgehead atoms. The maximum Gasteiger partial charge on any atom is 0.133 e. The molecule has 1 aromatic carbocycles. The highest BCUT2D eigenvalue weighted by atomic mass is 32.1. The molecule has 0 saturated carbocycles. The van der Waals surface area contributed by atoms with Crippen LogP contribution in [0.2, 0.25) is 0 Å². The van der Waals surface area contributed by atoms with Crippen LogP contribution in [-0.2, 0) is 0 Å². The average molecular weight is 280 g/mol. The number of benzene rings is 1. The SMILES string of the molecule is Nc1cc(-c2ccnn2-c2cc3ccccc3[nH]2)cs1. The number of nitrogen functional groups attached to an aromatic ring is 1. The van der Waals surface area contributed by atoms with Gasteiger partial charge in [0.05, 0.1) is 16.9 Å². The summed E-state index contributed by atoms with van der Waals surface area (Å²) in [6, 6.07) is 14.3. The van der Waals surface area contributed by atoms with Crippen molar-refractivity contribution in [2.24, 2.45) is 0 Å². The van der Waals surface area contributed by atoms with Crippen LogP contribution in [0.5, 0.6) is 0 Å². The molecule has 5 heteroatoms. The van der Waals surface area contributed by atoms with Crippen LogP contribution in [0.1, 0.15) is 0 Å². The van der Waals surface area contributed by atoms with Crippen molar-refractivity contribution >= 4 is 27.2 Å².